The Kier molecular flexibility index (Phi) is 5.73. The molecule has 7 heteroatoms. The van der Waals surface area contributed by atoms with Crippen LogP contribution in [0.5, 0.6) is 0 Å². The number of methoxy groups -OCH3 is 1. The molecule has 1 N–H and O–H groups in total. The molecule has 0 unspecified atom stereocenters. The van der Waals surface area contributed by atoms with Gasteiger partial charge in [0.05, 0.1) is 13.7 Å². The van der Waals surface area contributed by atoms with Crippen LogP contribution in [-0.4, -0.2) is 43.5 Å². The SMILES string of the molecule is COC(=O)c1c(-c2ccc(Cl)cc2)csc1NC(=O)CN1CCCC1. The topological polar surface area (TPSA) is 58.6 Å². The Bertz CT molecular complexity index is 767. The van der Waals surface area contributed by atoms with Gasteiger partial charge in [-0.15, -0.1) is 11.3 Å². The molecule has 0 saturated carbocycles. The number of nitrogens with zero attached hydrogens (tertiary/aromatic N) is 1. The number of benzene rings is 1. The molecule has 1 amide bonds. The van der Waals surface area contributed by atoms with Gasteiger partial charge in [0.1, 0.15) is 10.6 Å². The van der Waals surface area contributed by atoms with Gasteiger partial charge in [-0.25, -0.2) is 4.79 Å². The van der Waals surface area contributed by atoms with Crippen molar-refractivity contribution in [3.8, 4) is 11.1 Å². The van der Waals surface area contributed by atoms with E-state index in [1.807, 2.05) is 17.5 Å². The number of thiophene rings is 1. The number of rotatable bonds is 5. The molecule has 0 atom stereocenters. The molecule has 1 aliphatic heterocycles. The van der Waals surface area contributed by atoms with Crippen molar-refractivity contribution in [3.05, 3.63) is 40.2 Å². The van der Waals surface area contributed by atoms with Crippen LogP contribution in [0.25, 0.3) is 11.1 Å². The molecule has 1 saturated heterocycles. The first-order chi connectivity index (χ1) is 12.1. The molecule has 2 aromatic rings. The number of carbonyl (C=O) groups excluding carboxylic acids is 2. The Labute approximate surface area is 155 Å². The molecule has 0 bridgehead atoms. The first-order valence-electron chi connectivity index (χ1n) is 8.06. The van der Waals surface area contributed by atoms with Gasteiger partial charge >= 0.3 is 5.97 Å². The highest BCUT2D eigenvalue weighted by molar-refractivity contribution is 7.15. The third-order valence-corrected chi connectivity index (χ3v) is 5.30. The van der Waals surface area contributed by atoms with Crippen molar-refractivity contribution in [2.45, 2.75) is 12.8 Å². The molecule has 1 aromatic heterocycles. The highest BCUT2D eigenvalue weighted by Crippen LogP contribution is 2.36. The Morgan fingerprint density at radius 1 is 1.24 bits per heavy atom. The molecule has 5 nitrogen and oxygen atoms in total. The molecule has 1 aromatic carbocycles. The van der Waals surface area contributed by atoms with Crippen molar-refractivity contribution in [2.75, 3.05) is 32.1 Å². The zero-order chi connectivity index (χ0) is 17.8. The quantitative estimate of drug-likeness (QED) is 0.802. The van der Waals surface area contributed by atoms with Crippen molar-refractivity contribution in [3.63, 3.8) is 0 Å². The van der Waals surface area contributed by atoms with Crippen LogP contribution in [0.4, 0.5) is 5.00 Å². The normalized spacial score (nSPS) is 14.5. The largest absolute Gasteiger partial charge is 0.465 e. The lowest BCUT2D eigenvalue weighted by Crippen LogP contribution is -2.31. The molecule has 0 radical (unpaired) electrons. The maximum Gasteiger partial charge on any atom is 0.341 e. The summed E-state index contributed by atoms with van der Waals surface area (Å²) in [6, 6.07) is 7.21. The minimum Gasteiger partial charge on any atom is -0.465 e. The number of likely N-dealkylation sites (tertiary alicyclic amines) is 1. The van der Waals surface area contributed by atoms with E-state index < -0.39 is 5.97 Å². The molecular formula is C18H19ClN2O3S. The molecule has 1 fully saturated rings. The fourth-order valence-corrected chi connectivity index (χ4v) is 4.01. The van der Waals surface area contributed by atoms with E-state index in [0.717, 1.165) is 37.1 Å². The highest BCUT2D eigenvalue weighted by Gasteiger charge is 2.23. The predicted octanol–water partition coefficient (Wildman–Crippen LogP) is 3.89. The van der Waals surface area contributed by atoms with Gasteiger partial charge in [-0.2, -0.15) is 0 Å². The highest BCUT2D eigenvalue weighted by atomic mass is 35.5. The van der Waals surface area contributed by atoms with Gasteiger partial charge in [-0.3, -0.25) is 9.69 Å². The van der Waals surface area contributed by atoms with E-state index in [9.17, 15) is 9.59 Å². The minimum absolute atomic E-state index is 0.114. The third kappa shape index (κ3) is 4.21. The summed E-state index contributed by atoms with van der Waals surface area (Å²) in [4.78, 5) is 26.7. The number of carbonyl (C=O) groups is 2. The fraction of sp³-hybridized carbons (Fsp3) is 0.333. The third-order valence-electron chi connectivity index (χ3n) is 4.15. The Hall–Kier alpha value is -1.89. The fourth-order valence-electron chi connectivity index (χ4n) is 2.91. The van der Waals surface area contributed by atoms with Crippen molar-refractivity contribution < 1.29 is 14.3 Å². The van der Waals surface area contributed by atoms with Crippen molar-refractivity contribution in [2.24, 2.45) is 0 Å². The number of halogens is 1. The molecule has 132 valence electrons. The van der Waals surface area contributed by atoms with Gasteiger partial charge in [0.25, 0.3) is 0 Å². The van der Waals surface area contributed by atoms with Crippen LogP contribution >= 0.6 is 22.9 Å². The van der Waals surface area contributed by atoms with E-state index >= 15 is 0 Å². The summed E-state index contributed by atoms with van der Waals surface area (Å²) in [5.74, 6) is -0.584. The average Bonchev–Trinajstić information content (AvgIpc) is 3.25. The number of hydrogen-bond donors (Lipinski definition) is 1. The summed E-state index contributed by atoms with van der Waals surface area (Å²) in [6.07, 6.45) is 2.25. The Morgan fingerprint density at radius 3 is 2.56 bits per heavy atom. The predicted molar refractivity (Wildman–Crippen MR) is 100 cm³/mol. The number of amides is 1. The van der Waals surface area contributed by atoms with Gasteiger partial charge in [0, 0.05) is 16.0 Å². The summed E-state index contributed by atoms with van der Waals surface area (Å²) in [5, 5.41) is 5.85. The molecule has 1 aliphatic rings. The molecule has 25 heavy (non-hydrogen) atoms. The molecule has 0 aliphatic carbocycles. The molecular weight excluding hydrogens is 360 g/mol. The van der Waals surface area contributed by atoms with E-state index in [1.165, 1.54) is 18.4 Å². The van der Waals surface area contributed by atoms with E-state index in [0.29, 0.717) is 22.1 Å². The monoisotopic (exact) mass is 378 g/mol. The lowest BCUT2D eigenvalue weighted by Gasteiger charge is -2.14. The second-order valence-corrected chi connectivity index (χ2v) is 7.20. The summed E-state index contributed by atoms with van der Waals surface area (Å²) in [6.45, 7) is 2.23. The van der Waals surface area contributed by atoms with Gasteiger partial charge in [-0.1, -0.05) is 23.7 Å². The van der Waals surface area contributed by atoms with Gasteiger partial charge in [0.2, 0.25) is 5.91 Å². The number of nitrogens with one attached hydrogen (secondary N) is 1. The summed E-state index contributed by atoms with van der Waals surface area (Å²) in [7, 11) is 1.33. The van der Waals surface area contributed by atoms with E-state index in [-0.39, 0.29) is 5.91 Å². The van der Waals surface area contributed by atoms with Crippen LogP contribution in [0.2, 0.25) is 5.02 Å². The van der Waals surface area contributed by atoms with Crippen molar-refractivity contribution >= 4 is 39.8 Å². The van der Waals surface area contributed by atoms with E-state index in [1.54, 1.807) is 12.1 Å². The minimum atomic E-state index is -0.470. The van der Waals surface area contributed by atoms with E-state index in [2.05, 4.69) is 10.2 Å². The molecule has 0 spiro atoms. The lowest BCUT2D eigenvalue weighted by atomic mass is 10.0. The second kappa shape index (κ2) is 7.99. The Balaban J connectivity index is 1.84. The lowest BCUT2D eigenvalue weighted by molar-refractivity contribution is -0.117. The zero-order valence-corrected chi connectivity index (χ0v) is 15.5. The van der Waals surface area contributed by atoms with Crippen LogP contribution < -0.4 is 5.32 Å². The number of anilines is 1. The second-order valence-electron chi connectivity index (χ2n) is 5.88. The number of hydrogen-bond acceptors (Lipinski definition) is 5. The van der Waals surface area contributed by atoms with Gasteiger partial charge < -0.3 is 10.1 Å². The summed E-state index contributed by atoms with van der Waals surface area (Å²) in [5.41, 5.74) is 1.95. The molecule has 2 heterocycles. The first-order valence-corrected chi connectivity index (χ1v) is 9.32. The maximum atomic E-state index is 12.3. The first kappa shape index (κ1) is 17.9. The van der Waals surface area contributed by atoms with Crippen LogP contribution in [0.15, 0.2) is 29.6 Å². The molecule has 3 rings (SSSR count). The number of esters is 1. The van der Waals surface area contributed by atoms with Crippen molar-refractivity contribution in [1.29, 1.82) is 0 Å². The van der Waals surface area contributed by atoms with Crippen LogP contribution in [0, 0.1) is 0 Å². The van der Waals surface area contributed by atoms with Crippen LogP contribution in [0.1, 0.15) is 23.2 Å². The Morgan fingerprint density at radius 2 is 1.92 bits per heavy atom. The zero-order valence-electron chi connectivity index (χ0n) is 13.9. The van der Waals surface area contributed by atoms with Crippen LogP contribution in [0.3, 0.4) is 0 Å². The van der Waals surface area contributed by atoms with Crippen molar-refractivity contribution in [1.82, 2.24) is 4.90 Å². The maximum absolute atomic E-state index is 12.3. The standard InChI is InChI=1S/C18H19ClN2O3S/c1-24-18(23)16-14(12-4-6-13(19)7-5-12)11-25-17(16)20-15(22)10-21-8-2-3-9-21/h4-7,11H,2-3,8-10H2,1H3,(H,20,22). The van der Waals surface area contributed by atoms with Gasteiger partial charge in [0.15, 0.2) is 0 Å². The number of ether oxygens (including phenoxy) is 1. The smallest absolute Gasteiger partial charge is 0.341 e. The summed E-state index contributed by atoms with van der Waals surface area (Å²) < 4.78 is 4.92. The van der Waals surface area contributed by atoms with Crippen LogP contribution in [-0.2, 0) is 9.53 Å². The average molecular weight is 379 g/mol. The van der Waals surface area contributed by atoms with Gasteiger partial charge in [-0.05, 0) is 43.6 Å². The summed E-state index contributed by atoms with van der Waals surface area (Å²) >= 11 is 7.25. The van der Waals surface area contributed by atoms with E-state index in [4.69, 9.17) is 16.3 Å².